The number of nitrogens with zero attached hydrogens (tertiary/aromatic N) is 4. The molecule has 1 aliphatic heterocycles. The molecule has 1 unspecified atom stereocenters. The third-order valence-corrected chi connectivity index (χ3v) is 6.29. The molecule has 1 fully saturated rings. The highest BCUT2D eigenvalue weighted by Gasteiger charge is 2.45. The predicted octanol–water partition coefficient (Wildman–Crippen LogP) is 3.59. The van der Waals surface area contributed by atoms with Crippen molar-refractivity contribution in [2.24, 2.45) is 0 Å². The maximum Gasteiger partial charge on any atom is 0.416 e. The number of hydrogen-bond donors (Lipinski definition) is 0. The molecule has 2 heterocycles. The van der Waals surface area contributed by atoms with Gasteiger partial charge in [-0.3, -0.25) is 13.9 Å². The summed E-state index contributed by atoms with van der Waals surface area (Å²) in [5.41, 5.74) is -1.68. The Morgan fingerprint density at radius 3 is 2.51 bits per heavy atom. The van der Waals surface area contributed by atoms with Crippen molar-refractivity contribution in [3.63, 3.8) is 0 Å². The molecule has 3 rings (SSSR count). The summed E-state index contributed by atoms with van der Waals surface area (Å²) in [4.78, 5) is 33.0. The van der Waals surface area contributed by atoms with Gasteiger partial charge in [-0.2, -0.15) is 21.6 Å². The topological polar surface area (TPSA) is 100 Å². The zero-order valence-electron chi connectivity index (χ0n) is 19.5. The van der Waals surface area contributed by atoms with Gasteiger partial charge in [0, 0.05) is 19.3 Å². The molecule has 1 atom stereocenters. The van der Waals surface area contributed by atoms with Crippen LogP contribution in [0.4, 0.5) is 38.3 Å². The summed E-state index contributed by atoms with van der Waals surface area (Å²) in [6, 6.07) is 0.591. The minimum Gasteiger partial charge on any atom is -0.319 e. The predicted molar refractivity (Wildman–Crippen MR) is 123 cm³/mol. The fourth-order valence-corrected chi connectivity index (χ4v) is 4.18. The van der Waals surface area contributed by atoms with Gasteiger partial charge in [0.1, 0.15) is 22.7 Å². The molecule has 1 aromatic heterocycles. The lowest BCUT2D eigenvalue weighted by Crippen LogP contribution is -2.47. The van der Waals surface area contributed by atoms with Gasteiger partial charge in [0.25, 0.3) is 16.0 Å². The van der Waals surface area contributed by atoms with Crippen LogP contribution in [0.5, 0.6) is 0 Å². The van der Waals surface area contributed by atoms with Gasteiger partial charge in [0.05, 0.1) is 30.7 Å². The van der Waals surface area contributed by atoms with E-state index >= 15 is 0 Å². The van der Waals surface area contributed by atoms with Crippen molar-refractivity contribution in [3.8, 4) is 0 Å². The van der Waals surface area contributed by atoms with Gasteiger partial charge in [0.2, 0.25) is 0 Å². The van der Waals surface area contributed by atoms with Crippen LogP contribution in [0.15, 0.2) is 24.3 Å². The fraction of sp³-hybridized carbons (Fsp3) is 0.381. The Morgan fingerprint density at radius 1 is 1.27 bits per heavy atom. The van der Waals surface area contributed by atoms with Crippen molar-refractivity contribution in [2.75, 3.05) is 42.8 Å². The number of benzene rings is 1. The summed E-state index contributed by atoms with van der Waals surface area (Å²) in [5.74, 6) is -3.81. The Morgan fingerprint density at radius 2 is 1.92 bits per heavy atom. The molecule has 9 nitrogen and oxygen atoms in total. The van der Waals surface area contributed by atoms with Crippen molar-refractivity contribution in [1.82, 2.24) is 9.88 Å². The van der Waals surface area contributed by atoms with Gasteiger partial charge >= 0.3 is 12.2 Å². The van der Waals surface area contributed by atoms with E-state index in [1.807, 2.05) is 0 Å². The van der Waals surface area contributed by atoms with Crippen LogP contribution < -0.4 is 9.80 Å². The van der Waals surface area contributed by atoms with Crippen molar-refractivity contribution >= 4 is 45.2 Å². The Kier molecular flexibility index (Phi) is 8.00. The average Bonchev–Trinajstić information content (AvgIpc) is 3.11. The monoisotopic (exact) mass is 570 g/mol. The normalized spacial score (nSPS) is 16.5. The SMILES string of the molecule is Cc1cc(C(F)(F)F)cc(N2C(=O)N(CCOS(C)(=O)=O)CC2C(=O)N(C)c2ccc(F)c(Cl)c2F)n1. The molecule has 0 aliphatic carbocycles. The molecule has 1 aromatic carbocycles. The minimum absolute atomic E-state index is 0.104. The number of carbonyl (C=O) groups is 2. The van der Waals surface area contributed by atoms with E-state index in [0.29, 0.717) is 11.0 Å². The van der Waals surface area contributed by atoms with Crippen LogP contribution in [-0.4, -0.2) is 69.3 Å². The van der Waals surface area contributed by atoms with Crippen molar-refractivity contribution in [2.45, 2.75) is 19.1 Å². The van der Waals surface area contributed by atoms with Crippen molar-refractivity contribution in [3.05, 3.63) is 52.2 Å². The molecule has 0 N–H and O–H groups in total. The number of rotatable bonds is 7. The molecule has 1 aliphatic rings. The van der Waals surface area contributed by atoms with Crippen LogP contribution in [0.3, 0.4) is 0 Å². The number of amides is 3. The molecule has 2 aromatic rings. The van der Waals surface area contributed by atoms with Crippen LogP contribution in [0, 0.1) is 18.6 Å². The number of hydrogen-bond acceptors (Lipinski definition) is 6. The van der Waals surface area contributed by atoms with E-state index in [-0.39, 0.29) is 12.2 Å². The van der Waals surface area contributed by atoms with E-state index in [4.69, 9.17) is 11.6 Å². The maximum atomic E-state index is 14.6. The smallest absolute Gasteiger partial charge is 0.319 e. The van der Waals surface area contributed by atoms with Crippen molar-refractivity contribution in [1.29, 1.82) is 0 Å². The standard InChI is InChI=1S/C21H20ClF5N4O5S/c1-11-8-12(21(25,26)27)9-16(28-11)31-15(10-30(20(31)33)6-7-36-37(3,34)35)19(32)29(2)14-5-4-13(23)17(22)18(14)24/h4-5,8-9,15H,6-7,10H2,1-3H3. The second kappa shape index (κ2) is 10.4. The number of anilines is 2. The molecule has 1 saturated heterocycles. The number of pyridine rings is 1. The van der Waals surface area contributed by atoms with Gasteiger partial charge in [-0.15, -0.1) is 0 Å². The number of aromatic nitrogens is 1. The van der Waals surface area contributed by atoms with E-state index in [0.717, 1.165) is 41.3 Å². The van der Waals surface area contributed by atoms with E-state index in [2.05, 4.69) is 9.17 Å². The van der Waals surface area contributed by atoms with Crippen LogP contribution in [-0.2, 0) is 25.3 Å². The van der Waals surface area contributed by atoms with E-state index < -0.39 is 81.2 Å². The number of halogens is 6. The first-order chi connectivity index (χ1) is 17.0. The first kappa shape index (κ1) is 28.5. The highest BCUT2D eigenvalue weighted by molar-refractivity contribution is 7.85. The fourth-order valence-electron chi connectivity index (χ4n) is 3.64. The molecule has 3 amide bonds. The molecular weight excluding hydrogens is 551 g/mol. The Balaban J connectivity index is 2.03. The largest absolute Gasteiger partial charge is 0.416 e. The van der Waals surface area contributed by atoms with E-state index in [1.54, 1.807) is 0 Å². The molecule has 0 spiro atoms. The number of carbonyl (C=O) groups excluding carboxylic acids is 2. The second-order valence-corrected chi connectivity index (χ2v) is 10.1. The summed E-state index contributed by atoms with van der Waals surface area (Å²) in [5, 5.41) is -0.883. The Hall–Kier alpha value is -3.04. The molecule has 0 saturated carbocycles. The number of aryl methyl sites for hydroxylation is 1. The first-order valence-electron chi connectivity index (χ1n) is 10.4. The number of likely N-dealkylation sites (N-methyl/N-ethyl adjacent to an activating group) is 1. The zero-order chi connectivity index (χ0) is 27.9. The number of urea groups is 1. The summed E-state index contributed by atoms with van der Waals surface area (Å²) >= 11 is 5.59. The summed E-state index contributed by atoms with van der Waals surface area (Å²) in [6.07, 6.45) is -4.01. The third kappa shape index (κ3) is 6.27. The summed E-state index contributed by atoms with van der Waals surface area (Å²) in [6.45, 7) is -0.00448. The molecule has 0 radical (unpaired) electrons. The molecule has 202 valence electrons. The molecule has 37 heavy (non-hydrogen) atoms. The van der Waals surface area contributed by atoms with E-state index in [1.165, 1.54) is 6.92 Å². The average molecular weight is 571 g/mol. The number of alkyl halides is 3. The van der Waals surface area contributed by atoms with Gasteiger partial charge < -0.3 is 9.80 Å². The zero-order valence-corrected chi connectivity index (χ0v) is 21.1. The first-order valence-corrected chi connectivity index (χ1v) is 12.6. The van der Waals surface area contributed by atoms with Crippen molar-refractivity contribution < 1.29 is 44.1 Å². The Bertz CT molecular complexity index is 1340. The lowest BCUT2D eigenvalue weighted by molar-refractivity contribution is -0.137. The molecule has 16 heteroatoms. The summed E-state index contributed by atoms with van der Waals surface area (Å²) < 4.78 is 95.6. The maximum absolute atomic E-state index is 14.6. The summed E-state index contributed by atoms with van der Waals surface area (Å²) in [7, 11) is -2.76. The lowest BCUT2D eigenvalue weighted by atomic mass is 10.1. The molecular formula is C21H20ClF5N4O5S. The second-order valence-electron chi connectivity index (χ2n) is 8.09. The Labute approximate surface area is 213 Å². The van der Waals surface area contributed by atoms with Gasteiger partial charge in [-0.25, -0.2) is 18.6 Å². The highest BCUT2D eigenvalue weighted by atomic mass is 35.5. The highest BCUT2D eigenvalue weighted by Crippen LogP contribution is 2.34. The minimum atomic E-state index is -4.79. The van der Waals surface area contributed by atoms with Crippen LogP contribution in [0.1, 0.15) is 11.3 Å². The van der Waals surface area contributed by atoms with E-state index in [9.17, 15) is 40.0 Å². The quantitative estimate of drug-likeness (QED) is 0.287. The van der Waals surface area contributed by atoms with Gasteiger partial charge in [0.15, 0.2) is 5.82 Å². The van der Waals surface area contributed by atoms with Gasteiger partial charge in [-0.1, -0.05) is 11.6 Å². The van der Waals surface area contributed by atoms with Crippen LogP contribution in [0.2, 0.25) is 5.02 Å². The van der Waals surface area contributed by atoms with Crippen LogP contribution >= 0.6 is 11.6 Å². The van der Waals surface area contributed by atoms with Gasteiger partial charge in [-0.05, 0) is 31.2 Å². The van der Waals surface area contributed by atoms with Crippen LogP contribution in [0.25, 0.3) is 0 Å². The third-order valence-electron chi connectivity index (χ3n) is 5.35. The lowest BCUT2D eigenvalue weighted by Gasteiger charge is -2.27. The molecule has 0 bridgehead atoms.